The molecule has 9 heteroatoms. The third-order valence-electron chi connectivity index (χ3n) is 3.25. The van der Waals surface area contributed by atoms with E-state index in [1.165, 1.54) is 0 Å². The minimum absolute atomic E-state index is 0.0797. The maximum absolute atomic E-state index is 6.43. The quantitative estimate of drug-likeness (QED) is 0.443. The van der Waals surface area contributed by atoms with Crippen LogP contribution in [0, 0.1) is 6.92 Å². The normalized spacial score (nSPS) is 12.4. The lowest BCUT2D eigenvalue weighted by Crippen LogP contribution is -2.40. The Labute approximate surface area is 162 Å². The Morgan fingerprint density at radius 1 is 1.48 bits per heavy atom. The molecule has 0 bridgehead atoms. The van der Waals surface area contributed by atoms with Crippen LogP contribution in [0.25, 0.3) is 5.69 Å². The van der Waals surface area contributed by atoms with E-state index >= 15 is 0 Å². The Hall–Kier alpha value is -1.67. The smallest absolute Gasteiger partial charge is 0.187 e. The Balaban J connectivity index is 2.09. The lowest BCUT2D eigenvalue weighted by Gasteiger charge is -2.13. The molecule has 2 aromatic rings. The van der Waals surface area contributed by atoms with Crippen LogP contribution in [0.1, 0.15) is 18.2 Å². The number of nitrogens with zero attached hydrogens (tertiary/aromatic N) is 3. The summed E-state index contributed by atoms with van der Waals surface area (Å²) >= 11 is 17.6. The molecule has 0 fully saturated rings. The van der Waals surface area contributed by atoms with Crippen molar-refractivity contribution in [1.82, 2.24) is 20.5 Å². The number of rotatable bonds is 6. The molecule has 1 aromatic carbocycles. The molecule has 2 rings (SSSR count). The number of nitrogens with one attached hydrogen (secondary N) is 2. The van der Waals surface area contributed by atoms with E-state index in [1.54, 1.807) is 30.1 Å². The highest BCUT2D eigenvalue weighted by Crippen LogP contribution is 2.23. The molecule has 0 spiro atoms. The molecule has 2 N–H and O–H groups in total. The average molecular weight is 400 g/mol. The zero-order valence-electron chi connectivity index (χ0n) is 14.1. The van der Waals surface area contributed by atoms with Gasteiger partial charge in [-0.25, -0.2) is 4.68 Å². The van der Waals surface area contributed by atoms with Crippen LogP contribution in [0.3, 0.4) is 0 Å². The SMILES string of the molecule is COC[C@H](C)NC(=S)N/N=C\c1c(C)nn(-c2cccc(Cl)c2)c1Cl. The van der Waals surface area contributed by atoms with Crippen LogP contribution in [-0.4, -0.2) is 40.9 Å². The van der Waals surface area contributed by atoms with Crippen molar-refractivity contribution < 1.29 is 4.74 Å². The highest BCUT2D eigenvalue weighted by molar-refractivity contribution is 7.80. The van der Waals surface area contributed by atoms with Crippen LogP contribution in [0.5, 0.6) is 0 Å². The first-order valence-electron chi connectivity index (χ1n) is 7.52. The van der Waals surface area contributed by atoms with Crippen LogP contribution >= 0.6 is 35.4 Å². The summed E-state index contributed by atoms with van der Waals surface area (Å²) in [6, 6.07) is 7.37. The second kappa shape index (κ2) is 9.15. The predicted molar refractivity (Wildman–Crippen MR) is 106 cm³/mol. The van der Waals surface area contributed by atoms with Crippen molar-refractivity contribution in [2.75, 3.05) is 13.7 Å². The third-order valence-corrected chi connectivity index (χ3v) is 4.06. The molecule has 0 aliphatic rings. The summed E-state index contributed by atoms with van der Waals surface area (Å²) in [5.41, 5.74) is 4.96. The molecule has 6 nitrogen and oxygen atoms in total. The van der Waals surface area contributed by atoms with Crippen molar-refractivity contribution in [3.8, 4) is 5.69 Å². The Kier molecular flexibility index (Phi) is 7.19. The van der Waals surface area contributed by atoms with E-state index in [0.717, 1.165) is 11.4 Å². The number of ether oxygens (including phenoxy) is 1. The minimum atomic E-state index is 0.0797. The maximum atomic E-state index is 6.43. The summed E-state index contributed by atoms with van der Waals surface area (Å²) in [4.78, 5) is 0. The fraction of sp³-hybridized carbons (Fsp3) is 0.312. The first-order valence-corrected chi connectivity index (χ1v) is 8.68. The van der Waals surface area contributed by atoms with Crippen LogP contribution < -0.4 is 10.7 Å². The first kappa shape index (κ1) is 19.7. The van der Waals surface area contributed by atoms with Crippen molar-refractivity contribution in [2.45, 2.75) is 19.9 Å². The molecule has 0 aliphatic carbocycles. The number of hydrogen-bond donors (Lipinski definition) is 2. The Morgan fingerprint density at radius 3 is 2.92 bits per heavy atom. The molecule has 0 amide bonds. The van der Waals surface area contributed by atoms with Gasteiger partial charge in [0.2, 0.25) is 0 Å². The minimum Gasteiger partial charge on any atom is -0.383 e. The van der Waals surface area contributed by atoms with Gasteiger partial charge in [-0.3, -0.25) is 5.43 Å². The first-order chi connectivity index (χ1) is 11.9. The number of benzene rings is 1. The van der Waals surface area contributed by atoms with Gasteiger partial charge < -0.3 is 10.1 Å². The molecule has 1 heterocycles. The lowest BCUT2D eigenvalue weighted by atomic mass is 10.3. The van der Waals surface area contributed by atoms with Crippen LogP contribution in [0.4, 0.5) is 0 Å². The van der Waals surface area contributed by atoms with Gasteiger partial charge in [0.05, 0.1) is 29.8 Å². The number of hydrazone groups is 1. The Bertz CT molecular complexity index is 778. The number of thiocarbonyl (C=S) groups is 1. The summed E-state index contributed by atoms with van der Waals surface area (Å²) in [7, 11) is 1.63. The zero-order valence-corrected chi connectivity index (χ0v) is 16.4. The van der Waals surface area contributed by atoms with Gasteiger partial charge in [0.15, 0.2) is 5.11 Å². The van der Waals surface area contributed by atoms with E-state index in [0.29, 0.717) is 27.5 Å². The topological polar surface area (TPSA) is 63.5 Å². The van der Waals surface area contributed by atoms with Crippen molar-refractivity contribution in [3.05, 3.63) is 45.7 Å². The summed E-state index contributed by atoms with van der Waals surface area (Å²) in [5.74, 6) is 0. The predicted octanol–water partition coefficient (Wildman–Crippen LogP) is 3.32. The molecule has 25 heavy (non-hydrogen) atoms. The summed E-state index contributed by atoms with van der Waals surface area (Å²) in [6.45, 7) is 4.35. The molecular formula is C16H19Cl2N5OS. The third kappa shape index (κ3) is 5.40. The summed E-state index contributed by atoms with van der Waals surface area (Å²) in [5, 5.41) is 13.1. The van der Waals surface area contributed by atoms with E-state index in [4.69, 9.17) is 40.2 Å². The number of aromatic nitrogens is 2. The van der Waals surface area contributed by atoms with E-state index in [2.05, 4.69) is 20.9 Å². The van der Waals surface area contributed by atoms with E-state index in [9.17, 15) is 0 Å². The van der Waals surface area contributed by atoms with Crippen LogP contribution in [0.2, 0.25) is 10.2 Å². The summed E-state index contributed by atoms with van der Waals surface area (Å²) in [6.07, 6.45) is 1.58. The maximum Gasteiger partial charge on any atom is 0.187 e. The van der Waals surface area contributed by atoms with Gasteiger partial charge in [-0.2, -0.15) is 10.2 Å². The number of aryl methyl sites for hydroxylation is 1. The van der Waals surface area contributed by atoms with Crippen LogP contribution in [0.15, 0.2) is 29.4 Å². The molecule has 0 saturated heterocycles. The Morgan fingerprint density at radius 2 is 2.24 bits per heavy atom. The van der Waals surface area contributed by atoms with Gasteiger partial charge in [-0.1, -0.05) is 29.3 Å². The number of methoxy groups -OCH3 is 1. The van der Waals surface area contributed by atoms with E-state index in [-0.39, 0.29) is 6.04 Å². The van der Waals surface area contributed by atoms with Gasteiger partial charge in [0.1, 0.15) is 5.15 Å². The number of halogens is 2. The second-order valence-electron chi connectivity index (χ2n) is 5.38. The molecule has 0 unspecified atom stereocenters. The molecular weight excluding hydrogens is 381 g/mol. The largest absolute Gasteiger partial charge is 0.383 e. The molecule has 0 radical (unpaired) electrons. The van der Waals surface area contributed by atoms with E-state index in [1.807, 2.05) is 26.0 Å². The number of hydrogen-bond acceptors (Lipinski definition) is 4. The average Bonchev–Trinajstić information content (AvgIpc) is 2.83. The second-order valence-corrected chi connectivity index (χ2v) is 6.58. The molecule has 0 saturated carbocycles. The van der Waals surface area contributed by atoms with Crippen LogP contribution in [-0.2, 0) is 4.74 Å². The van der Waals surface area contributed by atoms with Gasteiger partial charge in [0, 0.05) is 18.2 Å². The van der Waals surface area contributed by atoms with Crippen molar-refractivity contribution >= 4 is 46.7 Å². The van der Waals surface area contributed by atoms with Crippen molar-refractivity contribution in [2.24, 2.45) is 5.10 Å². The molecule has 1 aromatic heterocycles. The summed E-state index contributed by atoms with van der Waals surface area (Å²) < 4.78 is 6.65. The highest BCUT2D eigenvalue weighted by atomic mass is 35.5. The fourth-order valence-corrected chi connectivity index (χ4v) is 2.90. The van der Waals surface area contributed by atoms with Crippen molar-refractivity contribution in [3.63, 3.8) is 0 Å². The van der Waals surface area contributed by atoms with Crippen molar-refractivity contribution in [1.29, 1.82) is 0 Å². The standard InChI is InChI=1S/C16H19Cl2N5OS/c1-10(9-24-3)20-16(25)21-19-8-14-11(2)22-23(15(14)18)13-6-4-5-12(17)7-13/h4-8,10H,9H2,1-3H3,(H2,20,21,25)/b19-8-/t10-/m0/s1. The van der Waals surface area contributed by atoms with Gasteiger partial charge in [-0.05, 0) is 44.3 Å². The highest BCUT2D eigenvalue weighted by Gasteiger charge is 2.13. The lowest BCUT2D eigenvalue weighted by molar-refractivity contribution is 0.179. The zero-order chi connectivity index (χ0) is 18.4. The molecule has 1 atom stereocenters. The molecule has 0 aliphatic heterocycles. The molecule has 134 valence electrons. The van der Waals surface area contributed by atoms with E-state index < -0.39 is 0 Å². The van der Waals surface area contributed by atoms with Gasteiger partial charge in [-0.15, -0.1) is 0 Å². The van der Waals surface area contributed by atoms with Gasteiger partial charge >= 0.3 is 0 Å². The monoisotopic (exact) mass is 399 g/mol. The van der Waals surface area contributed by atoms with Gasteiger partial charge in [0.25, 0.3) is 0 Å². The fourth-order valence-electron chi connectivity index (χ4n) is 2.14.